The molecule has 5 nitrogen and oxygen atoms in total. The summed E-state index contributed by atoms with van der Waals surface area (Å²) in [6, 6.07) is 3.90. The highest BCUT2D eigenvalue weighted by molar-refractivity contribution is 5.76. The number of hydrogen-bond donors (Lipinski definition) is 0. The van der Waals surface area contributed by atoms with Gasteiger partial charge in [0.1, 0.15) is 0 Å². The van der Waals surface area contributed by atoms with E-state index in [0.29, 0.717) is 26.1 Å². The minimum absolute atomic E-state index is 0.0522. The molecule has 0 radical (unpaired) electrons. The zero-order chi connectivity index (χ0) is 15.3. The van der Waals surface area contributed by atoms with Gasteiger partial charge in [-0.15, -0.1) is 0 Å². The van der Waals surface area contributed by atoms with Gasteiger partial charge in [0.2, 0.25) is 5.91 Å². The van der Waals surface area contributed by atoms with E-state index < -0.39 is 0 Å². The molecule has 1 amide bonds. The first kappa shape index (κ1) is 15.9. The Labute approximate surface area is 126 Å². The summed E-state index contributed by atoms with van der Waals surface area (Å²) in [6.45, 7) is 5.77. The molecular weight excluding hydrogens is 268 g/mol. The summed E-state index contributed by atoms with van der Waals surface area (Å²) < 4.78 is 11.1. The van der Waals surface area contributed by atoms with Crippen LogP contribution in [0.25, 0.3) is 0 Å². The predicted octanol–water partition coefficient (Wildman–Crippen LogP) is 1.67. The molecule has 1 aliphatic rings. The smallest absolute Gasteiger partial charge is 0.223 e. The second kappa shape index (κ2) is 7.00. The zero-order valence-electron chi connectivity index (χ0n) is 13.0. The van der Waals surface area contributed by atoms with Crippen LogP contribution in [0, 0.1) is 0 Å². The summed E-state index contributed by atoms with van der Waals surface area (Å²) in [5.74, 6) is 0.171. The van der Waals surface area contributed by atoms with Crippen LogP contribution in [0.3, 0.4) is 0 Å². The van der Waals surface area contributed by atoms with Gasteiger partial charge in [0.25, 0.3) is 0 Å². The number of aromatic nitrogens is 1. The number of pyridine rings is 1. The second-order valence-corrected chi connectivity index (χ2v) is 6.08. The maximum absolute atomic E-state index is 12.4. The van der Waals surface area contributed by atoms with Gasteiger partial charge in [0.15, 0.2) is 0 Å². The summed E-state index contributed by atoms with van der Waals surface area (Å²) in [6.07, 6.45) is 4.72. The van der Waals surface area contributed by atoms with Crippen LogP contribution < -0.4 is 0 Å². The molecule has 116 valence electrons. The molecule has 1 atom stereocenters. The van der Waals surface area contributed by atoms with Crippen molar-refractivity contribution >= 4 is 5.91 Å². The lowest BCUT2D eigenvalue weighted by molar-refractivity contribution is -0.168. The van der Waals surface area contributed by atoms with Gasteiger partial charge in [0.05, 0.1) is 18.3 Å². The lowest BCUT2D eigenvalue weighted by atomic mass is 10.0. The summed E-state index contributed by atoms with van der Waals surface area (Å²) in [7, 11) is 1.65. The van der Waals surface area contributed by atoms with Gasteiger partial charge >= 0.3 is 0 Å². The second-order valence-electron chi connectivity index (χ2n) is 6.08. The van der Waals surface area contributed by atoms with Crippen LogP contribution in [0.4, 0.5) is 0 Å². The number of ether oxygens (including phenoxy) is 2. The van der Waals surface area contributed by atoms with E-state index in [1.807, 2.05) is 30.9 Å². The number of hydrogen-bond acceptors (Lipinski definition) is 4. The summed E-state index contributed by atoms with van der Waals surface area (Å²) >= 11 is 0. The fraction of sp³-hybridized carbons (Fsp3) is 0.625. The Bertz CT molecular complexity index is 462. The van der Waals surface area contributed by atoms with Gasteiger partial charge in [-0.3, -0.25) is 9.78 Å². The Morgan fingerprint density at radius 1 is 1.48 bits per heavy atom. The third kappa shape index (κ3) is 4.79. The molecule has 2 rings (SSSR count). The van der Waals surface area contributed by atoms with Crippen molar-refractivity contribution in [3.8, 4) is 0 Å². The minimum Gasteiger partial charge on any atom is -0.382 e. The average Bonchev–Trinajstić information content (AvgIpc) is 2.44. The first-order valence-electron chi connectivity index (χ1n) is 7.33. The fourth-order valence-corrected chi connectivity index (χ4v) is 2.72. The van der Waals surface area contributed by atoms with Crippen molar-refractivity contribution in [2.75, 3.05) is 26.8 Å². The molecule has 21 heavy (non-hydrogen) atoms. The largest absolute Gasteiger partial charge is 0.382 e. The summed E-state index contributed by atoms with van der Waals surface area (Å²) in [4.78, 5) is 18.3. The fourth-order valence-electron chi connectivity index (χ4n) is 2.72. The highest BCUT2D eigenvalue weighted by atomic mass is 16.5. The first-order valence-corrected chi connectivity index (χ1v) is 7.33. The van der Waals surface area contributed by atoms with Crippen molar-refractivity contribution in [1.29, 1.82) is 0 Å². The molecule has 0 aliphatic carbocycles. The van der Waals surface area contributed by atoms with E-state index in [4.69, 9.17) is 9.47 Å². The van der Waals surface area contributed by atoms with Gasteiger partial charge in [-0.2, -0.15) is 0 Å². The van der Waals surface area contributed by atoms with Crippen LogP contribution >= 0.6 is 0 Å². The first-order chi connectivity index (χ1) is 10.00. The number of carbonyl (C=O) groups excluding carboxylic acids is 1. The monoisotopic (exact) mass is 292 g/mol. The van der Waals surface area contributed by atoms with Crippen LogP contribution in [-0.2, 0) is 20.7 Å². The molecule has 0 spiro atoms. The number of carbonyl (C=O) groups is 1. The van der Waals surface area contributed by atoms with Crippen molar-refractivity contribution < 1.29 is 14.3 Å². The maximum Gasteiger partial charge on any atom is 0.223 e. The molecule has 0 unspecified atom stereocenters. The van der Waals surface area contributed by atoms with Gasteiger partial charge in [-0.1, -0.05) is 0 Å². The van der Waals surface area contributed by atoms with E-state index in [9.17, 15) is 4.79 Å². The van der Waals surface area contributed by atoms with E-state index in [1.165, 1.54) is 0 Å². The highest BCUT2D eigenvalue weighted by Crippen LogP contribution is 2.22. The molecule has 1 aromatic heterocycles. The summed E-state index contributed by atoms with van der Waals surface area (Å²) in [5.41, 5.74) is 0.813. The lowest BCUT2D eigenvalue weighted by Crippen LogP contribution is -2.55. The van der Waals surface area contributed by atoms with E-state index >= 15 is 0 Å². The molecular formula is C16H24N2O3. The summed E-state index contributed by atoms with van der Waals surface area (Å²) in [5, 5.41) is 0. The SMILES string of the molecule is COC[C@H]1CN(C(=O)CCc2ccncc2)CC(C)(C)O1. The predicted molar refractivity (Wildman–Crippen MR) is 80.0 cm³/mol. The van der Waals surface area contributed by atoms with Crippen molar-refractivity contribution in [2.24, 2.45) is 0 Å². The standard InChI is InChI=1S/C16H24N2O3/c1-16(2)12-18(10-14(21-16)11-20-3)15(19)5-4-13-6-8-17-9-7-13/h6-9,14H,4-5,10-12H2,1-3H3/t14-/m1/s1. The quantitative estimate of drug-likeness (QED) is 0.828. The molecule has 1 fully saturated rings. The molecule has 5 heteroatoms. The Morgan fingerprint density at radius 3 is 2.86 bits per heavy atom. The Morgan fingerprint density at radius 2 is 2.19 bits per heavy atom. The lowest BCUT2D eigenvalue weighted by Gasteiger charge is -2.42. The van der Waals surface area contributed by atoms with Crippen LogP contribution in [-0.4, -0.2) is 54.3 Å². The number of morpholine rings is 1. The topological polar surface area (TPSA) is 51.7 Å². The van der Waals surface area contributed by atoms with E-state index in [1.54, 1.807) is 19.5 Å². The molecule has 0 N–H and O–H groups in total. The minimum atomic E-state index is -0.326. The van der Waals surface area contributed by atoms with E-state index in [2.05, 4.69) is 4.98 Å². The average molecular weight is 292 g/mol. The number of rotatable bonds is 5. The molecule has 2 heterocycles. The number of aryl methyl sites for hydroxylation is 1. The maximum atomic E-state index is 12.4. The Kier molecular flexibility index (Phi) is 5.31. The van der Waals surface area contributed by atoms with Crippen molar-refractivity contribution in [1.82, 2.24) is 9.88 Å². The Balaban J connectivity index is 1.91. The number of methoxy groups -OCH3 is 1. The van der Waals surface area contributed by atoms with Crippen molar-refractivity contribution in [3.63, 3.8) is 0 Å². The van der Waals surface area contributed by atoms with Crippen LogP contribution in [0.1, 0.15) is 25.8 Å². The van der Waals surface area contributed by atoms with Crippen molar-refractivity contribution in [3.05, 3.63) is 30.1 Å². The van der Waals surface area contributed by atoms with Crippen LogP contribution in [0.2, 0.25) is 0 Å². The van der Waals surface area contributed by atoms with Gasteiger partial charge in [-0.05, 0) is 38.0 Å². The van der Waals surface area contributed by atoms with Crippen LogP contribution in [0.5, 0.6) is 0 Å². The normalized spacial score (nSPS) is 21.3. The number of amides is 1. The Hall–Kier alpha value is -1.46. The van der Waals surface area contributed by atoms with Crippen LogP contribution in [0.15, 0.2) is 24.5 Å². The third-order valence-electron chi connectivity index (χ3n) is 3.56. The van der Waals surface area contributed by atoms with Crippen molar-refractivity contribution in [2.45, 2.75) is 38.4 Å². The van der Waals surface area contributed by atoms with E-state index in [-0.39, 0.29) is 17.6 Å². The molecule has 0 saturated carbocycles. The van der Waals surface area contributed by atoms with Gasteiger partial charge in [0, 0.05) is 39.0 Å². The van der Waals surface area contributed by atoms with E-state index in [0.717, 1.165) is 12.0 Å². The number of nitrogens with zero attached hydrogens (tertiary/aromatic N) is 2. The van der Waals surface area contributed by atoms with Gasteiger partial charge in [-0.25, -0.2) is 0 Å². The van der Waals surface area contributed by atoms with Gasteiger partial charge < -0.3 is 14.4 Å². The highest BCUT2D eigenvalue weighted by Gasteiger charge is 2.35. The molecule has 1 aliphatic heterocycles. The molecule has 0 aromatic carbocycles. The zero-order valence-corrected chi connectivity index (χ0v) is 13.0. The molecule has 1 aromatic rings. The molecule has 1 saturated heterocycles. The molecule has 0 bridgehead atoms. The third-order valence-corrected chi connectivity index (χ3v) is 3.56.